The fraction of sp³-hybridized carbons (Fsp3) is 0.560. The van der Waals surface area contributed by atoms with Gasteiger partial charge in [-0.1, -0.05) is 30.3 Å². The number of amides is 1. The second-order valence-electron chi connectivity index (χ2n) is 9.29. The summed E-state index contributed by atoms with van der Waals surface area (Å²) in [5.74, 6) is -1.94. The number of anilines is 1. The first-order valence-electron chi connectivity index (χ1n) is 11.6. The summed E-state index contributed by atoms with van der Waals surface area (Å²) < 4.78 is 26.9. The highest BCUT2D eigenvalue weighted by molar-refractivity contribution is 5.79. The number of piperidine rings is 1. The highest BCUT2D eigenvalue weighted by Crippen LogP contribution is 2.37. The summed E-state index contributed by atoms with van der Waals surface area (Å²) in [7, 11) is 1.83. The van der Waals surface area contributed by atoms with Crippen LogP contribution in [0.1, 0.15) is 49.7 Å². The van der Waals surface area contributed by atoms with Crippen molar-refractivity contribution in [1.29, 1.82) is 0 Å². The fourth-order valence-electron chi connectivity index (χ4n) is 4.98. The van der Waals surface area contributed by atoms with Gasteiger partial charge in [-0.3, -0.25) is 4.79 Å². The van der Waals surface area contributed by atoms with Gasteiger partial charge in [0.15, 0.2) is 5.82 Å². The molecule has 172 valence electrons. The Morgan fingerprint density at radius 3 is 2.25 bits per heavy atom. The third kappa shape index (κ3) is 4.62. The lowest BCUT2D eigenvalue weighted by atomic mass is 9.85. The van der Waals surface area contributed by atoms with E-state index in [0.717, 1.165) is 54.1 Å². The highest BCUT2D eigenvalue weighted by atomic mass is 19.3. The predicted octanol–water partition coefficient (Wildman–Crippen LogP) is 5.01. The Balaban J connectivity index is 1.38. The number of halogens is 2. The molecule has 1 saturated carbocycles. The second kappa shape index (κ2) is 9.12. The summed E-state index contributed by atoms with van der Waals surface area (Å²) in [5.41, 5.74) is 4.23. The summed E-state index contributed by atoms with van der Waals surface area (Å²) >= 11 is 0. The van der Waals surface area contributed by atoms with Crippen LogP contribution in [0, 0.1) is 19.8 Å². The van der Waals surface area contributed by atoms with Crippen LogP contribution < -0.4 is 4.90 Å². The SMILES string of the molecule is Cc1c(-c2ccccc2)nnc(N2CCC(N(C)C(=O)C3CCC(F)(F)CC3)CC2)c1C. The molecule has 5 nitrogen and oxygen atoms in total. The minimum Gasteiger partial charge on any atom is -0.355 e. The van der Waals surface area contributed by atoms with Gasteiger partial charge in [-0.15, -0.1) is 10.2 Å². The fourth-order valence-corrected chi connectivity index (χ4v) is 4.98. The van der Waals surface area contributed by atoms with E-state index < -0.39 is 5.92 Å². The molecule has 0 atom stereocenters. The van der Waals surface area contributed by atoms with Gasteiger partial charge < -0.3 is 9.80 Å². The molecule has 1 aliphatic heterocycles. The lowest BCUT2D eigenvalue weighted by Gasteiger charge is -2.39. The van der Waals surface area contributed by atoms with E-state index >= 15 is 0 Å². The van der Waals surface area contributed by atoms with Crippen molar-refractivity contribution in [3.63, 3.8) is 0 Å². The van der Waals surface area contributed by atoms with Gasteiger partial charge in [0.25, 0.3) is 0 Å². The molecule has 2 heterocycles. The zero-order valence-electron chi connectivity index (χ0n) is 19.2. The lowest BCUT2D eigenvalue weighted by molar-refractivity contribution is -0.140. The van der Waals surface area contributed by atoms with E-state index in [4.69, 9.17) is 0 Å². The van der Waals surface area contributed by atoms with E-state index in [-0.39, 0.29) is 43.6 Å². The Bertz CT molecular complexity index is 948. The number of carbonyl (C=O) groups excluding carboxylic acids is 1. The largest absolute Gasteiger partial charge is 0.355 e. The molecular formula is C25H32F2N4O. The summed E-state index contributed by atoms with van der Waals surface area (Å²) in [6.07, 6.45) is 1.91. The lowest BCUT2D eigenvalue weighted by Crippen LogP contribution is -2.48. The van der Waals surface area contributed by atoms with Gasteiger partial charge in [0.2, 0.25) is 11.8 Å². The van der Waals surface area contributed by atoms with Crippen LogP contribution >= 0.6 is 0 Å². The molecule has 1 aromatic carbocycles. The first-order chi connectivity index (χ1) is 15.3. The van der Waals surface area contributed by atoms with Crippen molar-refractivity contribution >= 4 is 11.7 Å². The Morgan fingerprint density at radius 2 is 1.62 bits per heavy atom. The summed E-state index contributed by atoms with van der Waals surface area (Å²) in [6.45, 7) is 5.77. The first kappa shape index (κ1) is 22.6. The summed E-state index contributed by atoms with van der Waals surface area (Å²) in [6, 6.07) is 10.2. The van der Waals surface area contributed by atoms with Gasteiger partial charge in [0.1, 0.15) is 0 Å². The monoisotopic (exact) mass is 442 g/mol. The topological polar surface area (TPSA) is 49.3 Å². The average Bonchev–Trinajstić information content (AvgIpc) is 2.80. The van der Waals surface area contributed by atoms with Crippen LogP contribution in [0.15, 0.2) is 30.3 Å². The molecule has 2 fully saturated rings. The number of nitrogens with zero attached hydrogens (tertiary/aromatic N) is 4. The van der Waals surface area contributed by atoms with Crippen LogP contribution in [0.2, 0.25) is 0 Å². The van der Waals surface area contributed by atoms with Crippen LogP contribution in [-0.4, -0.2) is 53.1 Å². The van der Waals surface area contributed by atoms with E-state index in [1.54, 1.807) is 0 Å². The number of hydrogen-bond acceptors (Lipinski definition) is 4. The first-order valence-corrected chi connectivity index (χ1v) is 11.6. The van der Waals surface area contributed by atoms with Crippen LogP contribution in [0.3, 0.4) is 0 Å². The van der Waals surface area contributed by atoms with Gasteiger partial charge in [0.05, 0.1) is 5.69 Å². The minimum absolute atomic E-state index is 0.0259. The molecule has 0 unspecified atom stereocenters. The number of carbonyl (C=O) groups is 1. The molecule has 2 aliphatic rings. The van der Waals surface area contributed by atoms with Gasteiger partial charge in [-0.25, -0.2) is 8.78 Å². The van der Waals surface area contributed by atoms with Crippen molar-refractivity contribution in [3.05, 3.63) is 41.5 Å². The Morgan fingerprint density at radius 1 is 1.00 bits per heavy atom. The molecule has 1 amide bonds. The minimum atomic E-state index is -2.60. The zero-order chi connectivity index (χ0) is 22.9. The molecule has 1 aromatic heterocycles. The van der Waals surface area contributed by atoms with Crippen molar-refractivity contribution in [3.8, 4) is 11.3 Å². The van der Waals surface area contributed by atoms with E-state index in [0.29, 0.717) is 0 Å². The zero-order valence-corrected chi connectivity index (χ0v) is 19.2. The number of aromatic nitrogens is 2. The molecule has 0 N–H and O–H groups in total. The van der Waals surface area contributed by atoms with Gasteiger partial charge in [-0.05, 0) is 50.7 Å². The normalized spacial score (nSPS) is 19.7. The van der Waals surface area contributed by atoms with Crippen molar-refractivity contribution < 1.29 is 13.6 Å². The quantitative estimate of drug-likeness (QED) is 0.668. The van der Waals surface area contributed by atoms with Gasteiger partial charge >= 0.3 is 0 Å². The van der Waals surface area contributed by atoms with Crippen molar-refractivity contribution in [2.45, 2.75) is 64.3 Å². The molecule has 1 aliphatic carbocycles. The van der Waals surface area contributed by atoms with Crippen LogP contribution in [0.4, 0.5) is 14.6 Å². The molecule has 4 rings (SSSR count). The molecule has 2 aromatic rings. The number of alkyl halides is 2. The smallest absolute Gasteiger partial charge is 0.248 e. The highest BCUT2D eigenvalue weighted by Gasteiger charge is 2.39. The third-order valence-corrected chi connectivity index (χ3v) is 7.27. The number of hydrogen-bond donors (Lipinski definition) is 0. The molecule has 7 heteroatoms. The summed E-state index contributed by atoms with van der Waals surface area (Å²) in [4.78, 5) is 16.9. The standard InChI is InChI=1S/C25H32F2N4O/c1-17-18(2)23(29-28-22(17)19-7-5-4-6-8-19)31-15-11-21(12-16-31)30(3)24(32)20-9-13-25(26,27)14-10-20/h4-8,20-21H,9-16H2,1-3H3. The summed E-state index contributed by atoms with van der Waals surface area (Å²) in [5, 5.41) is 9.08. The molecule has 0 spiro atoms. The van der Waals surface area contributed by atoms with Crippen molar-refractivity contribution in [1.82, 2.24) is 15.1 Å². The van der Waals surface area contributed by atoms with Gasteiger partial charge in [-0.2, -0.15) is 0 Å². The van der Waals surface area contributed by atoms with E-state index in [1.807, 2.05) is 42.3 Å². The predicted molar refractivity (Wildman–Crippen MR) is 122 cm³/mol. The third-order valence-electron chi connectivity index (χ3n) is 7.27. The Hall–Kier alpha value is -2.57. The van der Waals surface area contributed by atoms with Gasteiger partial charge in [0, 0.05) is 50.5 Å². The Labute approximate surface area is 188 Å². The van der Waals surface area contributed by atoms with Crippen LogP contribution in [-0.2, 0) is 4.79 Å². The number of benzene rings is 1. The van der Waals surface area contributed by atoms with E-state index in [1.165, 1.54) is 0 Å². The maximum Gasteiger partial charge on any atom is 0.248 e. The molecular weight excluding hydrogens is 410 g/mol. The average molecular weight is 443 g/mol. The molecule has 32 heavy (non-hydrogen) atoms. The maximum absolute atomic E-state index is 13.4. The number of rotatable bonds is 4. The van der Waals surface area contributed by atoms with Crippen molar-refractivity contribution in [2.75, 3.05) is 25.0 Å². The Kier molecular flexibility index (Phi) is 6.45. The van der Waals surface area contributed by atoms with E-state index in [9.17, 15) is 13.6 Å². The van der Waals surface area contributed by atoms with Crippen molar-refractivity contribution in [2.24, 2.45) is 5.92 Å². The molecule has 1 saturated heterocycles. The van der Waals surface area contributed by atoms with Crippen LogP contribution in [0.25, 0.3) is 11.3 Å². The van der Waals surface area contributed by atoms with Crippen LogP contribution in [0.5, 0.6) is 0 Å². The maximum atomic E-state index is 13.4. The second-order valence-corrected chi connectivity index (χ2v) is 9.29. The van der Waals surface area contributed by atoms with E-state index in [2.05, 4.69) is 28.9 Å². The molecule has 0 bridgehead atoms. The molecule has 0 radical (unpaired) electrons.